The second-order valence-corrected chi connectivity index (χ2v) is 5.89. The summed E-state index contributed by atoms with van der Waals surface area (Å²) in [6.07, 6.45) is 10.3. The summed E-state index contributed by atoms with van der Waals surface area (Å²) in [6, 6.07) is 0. The van der Waals surface area contributed by atoms with Crippen molar-refractivity contribution in [2.75, 3.05) is 0 Å². The summed E-state index contributed by atoms with van der Waals surface area (Å²) in [5, 5.41) is 0. The molecule has 3 nitrogen and oxygen atoms in total. The number of hydrogen-bond donors (Lipinski definition) is 0. The third-order valence-electron chi connectivity index (χ3n) is 4.95. The lowest BCUT2D eigenvalue weighted by Crippen LogP contribution is -2.41. The van der Waals surface area contributed by atoms with Crippen LogP contribution in [0.25, 0.3) is 0 Å². The van der Waals surface area contributed by atoms with Crippen LogP contribution < -0.4 is 0 Å². The lowest BCUT2D eigenvalue weighted by atomic mass is 9.59. The highest BCUT2D eigenvalue weighted by atomic mass is 16.6. The minimum absolute atomic E-state index is 0.113. The number of cyclic esters (lactones) is 2. The van der Waals surface area contributed by atoms with Crippen LogP contribution in [0, 0.1) is 23.7 Å². The maximum absolute atomic E-state index is 11.9. The van der Waals surface area contributed by atoms with Crippen molar-refractivity contribution >= 4 is 11.9 Å². The van der Waals surface area contributed by atoms with Crippen LogP contribution in [-0.4, -0.2) is 11.9 Å². The zero-order chi connectivity index (χ0) is 12.3. The highest BCUT2D eigenvalue weighted by molar-refractivity contribution is 5.98. The number of esters is 2. The highest BCUT2D eigenvalue weighted by Gasteiger charge is 2.57. The predicted molar refractivity (Wildman–Crippen MR) is 64.3 cm³/mol. The maximum Gasteiger partial charge on any atom is 0.318 e. The van der Waals surface area contributed by atoms with Crippen molar-refractivity contribution in [2.45, 2.75) is 32.1 Å². The third-order valence-corrected chi connectivity index (χ3v) is 4.95. The molecule has 0 aromatic heterocycles. The third kappa shape index (κ3) is 1.25. The van der Waals surface area contributed by atoms with Gasteiger partial charge in [0, 0.05) is 11.8 Å². The summed E-state index contributed by atoms with van der Waals surface area (Å²) >= 11 is 0. The van der Waals surface area contributed by atoms with Crippen LogP contribution in [0.15, 0.2) is 23.3 Å². The smallest absolute Gasteiger partial charge is 0.318 e. The van der Waals surface area contributed by atoms with Gasteiger partial charge in [-0.15, -0.1) is 0 Å². The number of ether oxygens (including phenoxy) is 1. The second kappa shape index (κ2) is 3.56. The van der Waals surface area contributed by atoms with Crippen LogP contribution in [0.3, 0.4) is 0 Å². The number of allylic oxidation sites excluding steroid dienone is 4. The van der Waals surface area contributed by atoms with Gasteiger partial charge in [0.1, 0.15) is 0 Å². The fraction of sp³-hybridized carbons (Fsp3) is 0.600. The van der Waals surface area contributed by atoms with E-state index in [4.69, 9.17) is 4.74 Å². The molecule has 0 aromatic rings. The van der Waals surface area contributed by atoms with E-state index in [1.807, 2.05) is 0 Å². The molecule has 5 aliphatic rings. The van der Waals surface area contributed by atoms with E-state index in [1.165, 1.54) is 30.4 Å². The van der Waals surface area contributed by atoms with Crippen LogP contribution in [0.1, 0.15) is 32.1 Å². The van der Waals surface area contributed by atoms with Crippen LogP contribution in [-0.2, 0) is 14.3 Å². The quantitative estimate of drug-likeness (QED) is 0.373. The van der Waals surface area contributed by atoms with Gasteiger partial charge in [0.05, 0.1) is 11.8 Å². The Labute approximate surface area is 106 Å². The molecule has 0 aromatic carbocycles. The van der Waals surface area contributed by atoms with Gasteiger partial charge in [-0.1, -0.05) is 29.7 Å². The van der Waals surface area contributed by atoms with E-state index in [0.717, 1.165) is 12.8 Å². The molecular weight excluding hydrogens is 228 g/mol. The first-order valence-corrected chi connectivity index (χ1v) is 6.92. The van der Waals surface area contributed by atoms with E-state index in [9.17, 15) is 9.59 Å². The summed E-state index contributed by atoms with van der Waals surface area (Å²) < 4.78 is 4.88. The Morgan fingerprint density at radius 1 is 0.889 bits per heavy atom. The van der Waals surface area contributed by atoms with Crippen molar-refractivity contribution < 1.29 is 14.3 Å². The minimum Gasteiger partial charge on any atom is -0.393 e. The molecule has 4 bridgehead atoms. The molecule has 0 spiro atoms. The topological polar surface area (TPSA) is 43.4 Å². The van der Waals surface area contributed by atoms with Crippen molar-refractivity contribution in [1.29, 1.82) is 0 Å². The van der Waals surface area contributed by atoms with Crippen molar-refractivity contribution in [3.8, 4) is 0 Å². The Balaban J connectivity index is 1.82. The predicted octanol–water partition coefficient (Wildman–Crippen LogP) is 2.38. The fourth-order valence-electron chi connectivity index (χ4n) is 4.24. The van der Waals surface area contributed by atoms with Gasteiger partial charge in [0.2, 0.25) is 0 Å². The molecule has 1 saturated heterocycles. The van der Waals surface area contributed by atoms with E-state index in [2.05, 4.69) is 12.2 Å². The summed E-state index contributed by atoms with van der Waals surface area (Å²) in [7, 11) is 0. The number of hydrogen-bond acceptors (Lipinski definition) is 3. The zero-order valence-electron chi connectivity index (χ0n) is 10.2. The van der Waals surface area contributed by atoms with E-state index >= 15 is 0 Å². The molecule has 0 radical (unpaired) electrons. The lowest BCUT2D eigenvalue weighted by Gasteiger charge is -2.42. The monoisotopic (exact) mass is 244 g/mol. The first-order chi connectivity index (χ1) is 8.75. The second-order valence-electron chi connectivity index (χ2n) is 5.89. The van der Waals surface area contributed by atoms with Gasteiger partial charge in [-0.2, -0.15) is 0 Å². The standard InChI is InChI=1S/C15H16O3/c16-14-12-10-6-8-4-2-1-3-5-9(7-10)11(8)13(12)15(17)18-14/h6-7,10-13H,1-5H2. The molecule has 0 amide bonds. The summed E-state index contributed by atoms with van der Waals surface area (Å²) in [6.45, 7) is 0. The van der Waals surface area contributed by atoms with Gasteiger partial charge >= 0.3 is 11.9 Å². The summed E-state index contributed by atoms with van der Waals surface area (Å²) in [5.74, 6) is -0.726. The fourth-order valence-corrected chi connectivity index (χ4v) is 4.24. The molecule has 4 aliphatic carbocycles. The summed E-state index contributed by atoms with van der Waals surface area (Å²) in [5.41, 5.74) is 2.79. The van der Waals surface area contributed by atoms with Gasteiger partial charge in [0.15, 0.2) is 0 Å². The largest absolute Gasteiger partial charge is 0.393 e. The molecule has 2 fully saturated rings. The van der Waals surface area contributed by atoms with Crippen molar-refractivity contribution in [1.82, 2.24) is 0 Å². The molecule has 0 N–H and O–H groups in total. The molecular formula is C15H16O3. The highest BCUT2D eigenvalue weighted by Crippen LogP contribution is 2.54. The molecule has 1 aliphatic heterocycles. The van der Waals surface area contributed by atoms with Crippen LogP contribution in [0.5, 0.6) is 0 Å². The first kappa shape index (κ1) is 10.5. The average molecular weight is 244 g/mol. The average Bonchev–Trinajstić information content (AvgIpc) is 2.65. The Morgan fingerprint density at radius 3 is 2.17 bits per heavy atom. The van der Waals surface area contributed by atoms with Gasteiger partial charge < -0.3 is 4.74 Å². The van der Waals surface area contributed by atoms with Gasteiger partial charge in [-0.25, -0.2) is 0 Å². The van der Waals surface area contributed by atoms with E-state index in [1.54, 1.807) is 0 Å². The molecule has 2 atom stereocenters. The molecule has 5 rings (SSSR count). The first-order valence-electron chi connectivity index (χ1n) is 6.92. The van der Waals surface area contributed by atoms with Crippen LogP contribution >= 0.6 is 0 Å². The van der Waals surface area contributed by atoms with Gasteiger partial charge in [0.25, 0.3) is 0 Å². The lowest BCUT2D eigenvalue weighted by molar-refractivity contribution is -0.154. The Hall–Kier alpha value is -1.38. The number of carbonyl (C=O) groups excluding carboxylic acids is 2. The van der Waals surface area contributed by atoms with Crippen molar-refractivity contribution in [2.24, 2.45) is 23.7 Å². The molecule has 3 heteroatoms. The molecule has 1 saturated carbocycles. The molecule has 2 unspecified atom stereocenters. The van der Waals surface area contributed by atoms with E-state index in [0.29, 0.717) is 0 Å². The number of rotatable bonds is 0. The molecule has 18 heavy (non-hydrogen) atoms. The van der Waals surface area contributed by atoms with E-state index in [-0.39, 0.29) is 35.6 Å². The normalized spacial score (nSPS) is 41.6. The Bertz CT molecular complexity index is 476. The Morgan fingerprint density at radius 2 is 1.50 bits per heavy atom. The number of carbonyl (C=O) groups is 2. The SMILES string of the molecule is O=C1OC(=O)C2C3C4=CC(C=C3CCCCC4)C12. The maximum atomic E-state index is 11.9. The van der Waals surface area contributed by atoms with E-state index < -0.39 is 0 Å². The molecule has 94 valence electrons. The summed E-state index contributed by atoms with van der Waals surface area (Å²) in [4.78, 5) is 23.7. The Kier molecular flexibility index (Phi) is 2.08. The van der Waals surface area contributed by atoms with Crippen LogP contribution in [0.2, 0.25) is 0 Å². The molecule has 1 heterocycles. The van der Waals surface area contributed by atoms with Gasteiger partial charge in [-0.05, 0) is 25.7 Å². The van der Waals surface area contributed by atoms with Crippen molar-refractivity contribution in [3.63, 3.8) is 0 Å². The zero-order valence-corrected chi connectivity index (χ0v) is 10.2. The van der Waals surface area contributed by atoms with Crippen molar-refractivity contribution in [3.05, 3.63) is 23.3 Å². The minimum atomic E-state index is -0.303. The van der Waals surface area contributed by atoms with Crippen LogP contribution in [0.4, 0.5) is 0 Å². The van der Waals surface area contributed by atoms with Gasteiger partial charge in [-0.3, -0.25) is 9.59 Å².